The summed E-state index contributed by atoms with van der Waals surface area (Å²) in [4.78, 5) is 23.3. The van der Waals surface area contributed by atoms with Crippen molar-refractivity contribution in [2.24, 2.45) is 0 Å². The molecule has 1 aromatic carbocycles. The maximum atomic E-state index is 12.8. The van der Waals surface area contributed by atoms with Crippen LogP contribution in [0.4, 0.5) is 0 Å². The summed E-state index contributed by atoms with van der Waals surface area (Å²) in [6.07, 6.45) is 6.62. The predicted octanol–water partition coefficient (Wildman–Crippen LogP) is 2.16. The van der Waals surface area contributed by atoms with Crippen LogP contribution in [0.1, 0.15) is 31.1 Å². The molecule has 0 bridgehead atoms. The van der Waals surface area contributed by atoms with Crippen molar-refractivity contribution in [3.63, 3.8) is 0 Å². The van der Waals surface area contributed by atoms with E-state index in [0.29, 0.717) is 32.5 Å². The first-order chi connectivity index (χ1) is 13.1. The number of likely N-dealkylation sites (tertiary alicyclic amines) is 1. The molecule has 0 spiro atoms. The molecule has 0 saturated carbocycles. The summed E-state index contributed by atoms with van der Waals surface area (Å²) in [5.41, 5.74) is 2.03. The number of carbonyl (C=O) groups is 1. The number of nitrogens with zero attached hydrogens (tertiary/aromatic N) is 5. The molecular weight excluding hydrogens is 342 g/mol. The van der Waals surface area contributed by atoms with Crippen molar-refractivity contribution in [1.29, 1.82) is 0 Å². The average molecular weight is 367 g/mol. The minimum absolute atomic E-state index is 0.0230. The smallest absolute Gasteiger partial charge is 0.224 e. The first-order valence-corrected chi connectivity index (χ1v) is 9.48. The zero-order valence-corrected chi connectivity index (χ0v) is 15.5. The van der Waals surface area contributed by atoms with Crippen LogP contribution in [-0.2, 0) is 11.3 Å². The number of aromatic nitrogens is 4. The molecule has 7 heteroatoms. The highest BCUT2D eigenvalue weighted by Gasteiger charge is 2.27. The van der Waals surface area contributed by atoms with E-state index in [9.17, 15) is 9.90 Å². The summed E-state index contributed by atoms with van der Waals surface area (Å²) >= 11 is 0. The fourth-order valence-electron chi connectivity index (χ4n) is 3.98. The second-order valence-electron chi connectivity index (χ2n) is 7.15. The van der Waals surface area contributed by atoms with Gasteiger partial charge in [-0.3, -0.25) is 4.79 Å². The van der Waals surface area contributed by atoms with Gasteiger partial charge in [-0.25, -0.2) is 9.97 Å². The number of aliphatic hydroxyl groups excluding tert-OH is 1. The number of rotatable bonds is 4. The van der Waals surface area contributed by atoms with Crippen molar-refractivity contribution in [2.75, 3.05) is 13.1 Å². The SMILES string of the molecule is Cc1nc2ccccc2n1CCC(=O)N1CC[C@H](O)[C@@H](n2ccnc2)CC1. The van der Waals surface area contributed by atoms with E-state index < -0.39 is 6.10 Å². The summed E-state index contributed by atoms with van der Waals surface area (Å²) < 4.78 is 4.05. The molecule has 142 valence electrons. The topological polar surface area (TPSA) is 76.2 Å². The lowest BCUT2D eigenvalue weighted by atomic mass is 10.1. The number of hydrogen-bond donors (Lipinski definition) is 1. The second-order valence-corrected chi connectivity index (χ2v) is 7.15. The monoisotopic (exact) mass is 367 g/mol. The molecule has 1 fully saturated rings. The van der Waals surface area contributed by atoms with Crippen molar-refractivity contribution in [2.45, 2.75) is 44.9 Å². The Bertz CT molecular complexity index is 918. The normalized spacial score (nSPS) is 20.7. The van der Waals surface area contributed by atoms with E-state index in [1.165, 1.54) is 0 Å². The van der Waals surface area contributed by atoms with Gasteiger partial charge in [-0.05, 0) is 31.9 Å². The van der Waals surface area contributed by atoms with E-state index in [1.54, 1.807) is 12.5 Å². The Morgan fingerprint density at radius 2 is 2.07 bits per heavy atom. The van der Waals surface area contributed by atoms with E-state index in [0.717, 1.165) is 23.3 Å². The van der Waals surface area contributed by atoms with Crippen LogP contribution in [0.2, 0.25) is 0 Å². The van der Waals surface area contributed by atoms with Crippen LogP contribution >= 0.6 is 0 Å². The van der Waals surface area contributed by atoms with Crippen LogP contribution in [0.5, 0.6) is 0 Å². The summed E-state index contributed by atoms with van der Waals surface area (Å²) in [5.74, 6) is 1.06. The number of imidazole rings is 2. The van der Waals surface area contributed by atoms with Crippen LogP contribution in [0.15, 0.2) is 43.0 Å². The van der Waals surface area contributed by atoms with Crippen molar-refractivity contribution in [1.82, 2.24) is 24.0 Å². The van der Waals surface area contributed by atoms with Gasteiger partial charge in [-0.2, -0.15) is 0 Å². The van der Waals surface area contributed by atoms with E-state index in [1.807, 2.05) is 46.9 Å². The summed E-state index contributed by atoms with van der Waals surface area (Å²) in [6.45, 7) is 3.84. The minimum Gasteiger partial charge on any atom is -0.391 e. The number of hydrogen-bond acceptors (Lipinski definition) is 4. The highest BCUT2D eigenvalue weighted by molar-refractivity contribution is 5.78. The van der Waals surface area contributed by atoms with Crippen molar-refractivity contribution in [3.8, 4) is 0 Å². The van der Waals surface area contributed by atoms with Gasteiger partial charge in [0.1, 0.15) is 5.82 Å². The largest absolute Gasteiger partial charge is 0.391 e. The second kappa shape index (κ2) is 7.52. The zero-order chi connectivity index (χ0) is 18.8. The summed E-state index contributed by atoms with van der Waals surface area (Å²) in [7, 11) is 0. The quantitative estimate of drug-likeness (QED) is 0.767. The maximum absolute atomic E-state index is 12.8. The fraction of sp³-hybridized carbons (Fsp3) is 0.450. The molecule has 3 aromatic rings. The Morgan fingerprint density at radius 1 is 1.26 bits per heavy atom. The van der Waals surface area contributed by atoms with Crippen LogP contribution in [0.25, 0.3) is 11.0 Å². The van der Waals surface area contributed by atoms with Crippen LogP contribution in [-0.4, -0.2) is 54.2 Å². The molecule has 1 aliphatic rings. The lowest BCUT2D eigenvalue weighted by Crippen LogP contribution is -2.32. The molecule has 1 aliphatic heterocycles. The molecule has 1 saturated heterocycles. The first kappa shape index (κ1) is 17.7. The van der Waals surface area contributed by atoms with E-state index in [4.69, 9.17) is 0 Å². The first-order valence-electron chi connectivity index (χ1n) is 9.48. The number of fused-ring (bicyclic) bond motifs is 1. The molecule has 7 nitrogen and oxygen atoms in total. The molecule has 0 aliphatic carbocycles. The minimum atomic E-state index is -0.461. The van der Waals surface area contributed by atoms with Gasteiger partial charge < -0.3 is 19.1 Å². The molecule has 2 atom stereocenters. The highest BCUT2D eigenvalue weighted by Crippen LogP contribution is 2.23. The van der Waals surface area contributed by atoms with E-state index in [2.05, 4.69) is 14.5 Å². The van der Waals surface area contributed by atoms with Crippen molar-refractivity contribution < 1.29 is 9.90 Å². The summed E-state index contributed by atoms with van der Waals surface area (Å²) in [6, 6.07) is 7.98. The summed E-state index contributed by atoms with van der Waals surface area (Å²) in [5, 5.41) is 10.5. The van der Waals surface area contributed by atoms with Gasteiger partial charge in [0, 0.05) is 38.4 Å². The number of amides is 1. The molecule has 0 unspecified atom stereocenters. The number of carbonyl (C=O) groups excluding carboxylic acids is 1. The molecule has 4 rings (SSSR count). The van der Waals surface area contributed by atoms with Crippen molar-refractivity contribution >= 4 is 16.9 Å². The van der Waals surface area contributed by atoms with Gasteiger partial charge in [0.05, 0.1) is 29.5 Å². The third-order valence-corrected chi connectivity index (χ3v) is 5.49. The Hall–Kier alpha value is -2.67. The Balaban J connectivity index is 1.40. The van der Waals surface area contributed by atoms with Gasteiger partial charge in [-0.1, -0.05) is 12.1 Å². The number of benzene rings is 1. The van der Waals surface area contributed by atoms with Crippen LogP contribution in [0.3, 0.4) is 0 Å². The predicted molar refractivity (Wildman–Crippen MR) is 102 cm³/mol. The number of aryl methyl sites for hydroxylation is 2. The zero-order valence-electron chi connectivity index (χ0n) is 15.5. The maximum Gasteiger partial charge on any atom is 0.224 e. The lowest BCUT2D eigenvalue weighted by molar-refractivity contribution is -0.131. The van der Waals surface area contributed by atoms with Gasteiger partial charge in [0.2, 0.25) is 5.91 Å². The van der Waals surface area contributed by atoms with Crippen molar-refractivity contribution in [3.05, 3.63) is 48.8 Å². The standard InChI is InChI=1S/C20H25N5O2/c1-15-22-16-4-2-3-5-17(16)25(15)12-8-20(27)23-10-6-18(19(26)7-11-23)24-13-9-21-14-24/h2-5,9,13-14,18-19,26H,6-8,10-12H2,1H3/t18-,19-/m0/s1. The molecule has 3 heterocycles. The van der Waals surface area contributed by atoms with E-state index >= 15 is 0 Å². The molecular formula is C20H25N5O2. The Morgan fingerprint density at radius 3 is 2.89 bits per heavy atom. The van der Waals surface area contributed by atoms with Gasteiger partial charge in [0.25, 0.3) is 0 Å². The average Bonchev–Trinajstić information content (AvgIpc) is 3.25. The van der Waals surface area contributed by atoms with Crippen LogP contribution in [0, 0.1) is 6.92 Å². The molecule has 0 radical (unpaired) electrons. The molecule has 1 amide bonds. The fourth-order valence-corrected chi connectivity index (χ4v) is 3.98. The number of aliphatic hydroxyl groups is 1. The lowest BCUT2D eigenvalue weighted by Gasteiger charge is -2.21. The third kappa shape index (κ3) is 3.60. The number of para-hydroxylation sites is 2. The molecule has 27 heavy (non-hydrogen) atoms. The Labute approximate surface area is 158 Å². The van der Waals surface area contributed by atoms with E-state index in [-0.39, 0.29) is 11.9 Å². The van der Waals surface area contributed by atoms with Gasteiger partial charge in [-0.15, -0.1) is 0 Å². The highest BCUT2D eigenvalue weighted by atomic mass is 16.3. The molecule has 2 aromatic heterocycles. The van der Waals surface area contributed by atoms with Crippen LogP contribution < -0.4 is 0 Å². The third-order valence-electron chi connectivity index (χ3n) is 5.49. The molecule has 1 N–H and O–H groups in total. The Kier molecular flexibility index (Phi) is 4.94. The van der Waals surface area contributed by atoms with Gasteiger partial charge in [0.15, 0.2) is 0 Å². The van der Waals surface area contributed by atoms with Gasteiger partial charge >= 0.3 is 0 Å².